The summed E-state index contributed by atoms with van der Waals surface area (Å²) >= 11 is 0. The highest BCUT2D eigenvalue weighted by molar-refractivity contribution is 5.97. The van der Waals surface area contributed by atoms with Gasteiger partial charge < -0.3 is 5.11 Å². The molecule has 7 aromatic carbocycles. The zero-order chi connectivity index (χ0) is 52.6. The average molecular weight is 897 g/mol. The molecular weight excluding hydrogens is 827 g/mol. The van der Waals surface area contributed by atoms with E-state index in [0.29, 0.717) is 33.7 Å². The number of hydrogen-bond acceptors (Lipinski definition) is 3. The van der Waals surface area contributed by atoms with Crippen LogP contribution in [0.1, 0.15) is 121 Å². The third-order valence-corrected chi connectivity index (χ3v) is 13.1. The fraction of sp³-hybridized carbons (Fsp3) is 0.250. The van der Waals surface area contributed by atoms with E-state index in [4.69, 9.17) is 16.8 Å². The summed E-state index contributed by atoms with van der Waals surface area (Å²) in [6.45, 7) is 19.5. The first-order valence-corrected chi connectivity index (χ1v) is 23.6. The van der Waals surface area contributed by atoms with Crippen LogP contribution in [0.2, 0.25) is 0 Å². The quantitative estimate of drug-likeness (QED) is 0.157. The molecule has 0 aliphatic heterocycles. The fourth-order valence-corrected chi connectivity index (χ4v) is 9.18. The van der Waals surface area contributed by atoms with Gasteiger partial charge in [-0.1, -0.05) is 172 Å². The maximum Gasteiger partial charge on any atom is 0.149 e. The lowest BCUT2D eigenvalue weighted by atomic mass is 9.83. The van der Waals surface area contributed by atoms with Crippen molar-refractivity contribution in [2.24, 2.45) is 0 Å². The van der Waals surface area contributed by atoms with E-state index in [-0.39, 0.29) is 16.7 Å². The maximum absolute atomic E-state index is 12.3. The lowest BCUT2D eigenvalue weighted by Gasteiger charge is -2.23. The Morgan fingerprint density at radius 3 is 1.84 bits per heavy atom. The Kier molecular flexibility index (Phi) is 10.5. The summed E-state index contributed by atoms with van der Waals surface area (Å²) in [7, 11) is 0. The lowest BCUT2D eigenvalue weighted by molar-refractivity contribution is 0.448. The Hall–Kier alpha value is -7.04. The van der Waals surface area contributed by atoms with Crippen LogP contribution in [0.4, 0.5) is 0 Å². The first-order chi connectivity index (χ1) is 34.1. The SMILES string of the molecule is [2H]C([2H])([2H])c1cc(-c2cc(C([2H])(C)C)cc(C([2H])(C)C)c2)ccc1-n1c(-c2cc(C)cc(C(C)(C)C)c2O)nc2c(-c3cc(-c4cc(-c5ccc(-c6ccccc6)cc5)ccn4)cc(C(C)(C)C)c3)cccc21. The van der Waals surface area contributed by atoms with Gasteiger partial charge in [0.05, 0.1) is 28.0 Å². The van der Waals surface area contributed by atoms with E-state index in [1.54, 1.807) is 6.07 Å². The Morgan fingerprint density at radius 2 is 1.19 bits per heavy atom. The van der Waals surface area contributed by atoms with Crippen molar-refractivity contribution in [1.29, 1.82) is 0 Å². The van der Waals surface area contributed by atoms with Gasteiger partial charge in [-0.05, 0) is 152 Å². The molecule has 0 aliphatic carbocycles. The van der Waals surface area contributed by atoms with Crippen molar-refractivity contribution >= 4 is 11.0 Å². The number of fused-ring (bicyclic) bond motifs is 1. The molecule has 0 atom stereocenters. The predicted octanol–water partition coefficient (Wildman–Crippen LogP) is 17.6. The third kappa shape index (κ3) is 9.05. The minimum atomic E-state index is -2.59. The van der Waals surface area contributed by atoms with Crippen molar-refractivity contribution in [2.45, 2.75) is 106 Å². The van der Waals surface area contributed by atoms with Crippen LogP contribution < -0.4 is 0 Å². The molecular formula is C64H65N3O. The van der Waals surface area contributed by atoms with Gasteiger partial charge in [0, 0.05) is 29.7 Å². The molecule has 2 heterocycles. The average Bonchev–Trinajstić information content (AvgIpc) is 3.72. The number of aromatic nitrogens is 3. The third-order valence-electron chi connectivity index (χ3n) is 13.1. The largest absolute Gasteiger partial charge is 0.507 e. The van der Waals surface area contributed by atoms with E-state index < -0.39 is 24.1 Å². The van der Waals surface area contributed by atoms with Crippen LogP contribution in [0.25, 0.3) is 83.9 Å². The number of aromatic hydroxyl groups is 1. The van der Waals surface area contributed by atoms with E-state index in [1.807, 2.05) is 112 Å². The number of para-hydroxylation sites is 1. The van der Waals surface area contributed by atoms with Gasteiger partial charge in [-0.2, -0.15) is 0 Å². The molecule has 0 unspecified atom stereocenters. The van der Waals surface area contributed by atoms with Gasteiger partial charge in [0.25, 0.3) is 0 Å². The van der Waals surface area contributed by atoms with Crippen LogP contribution in [0.5, 0.6) is 5.75 Å². The van der Waals surface area contributed by atoms with Gasteiger partial charge in [0.15, 0.2) is 0 Å². The van der Waals surface area contributed by atoms with E-state index in [0.717, 1.165) is 72.5 Å². The summed E-state index contributed by atoms with van der Waals surface area (Å²) in [6, 6.07) is 50.9. The normalized spacial score (nSPS) is 13.7. The molecule has 0 fully saturated rings. The van der Waals surface area contributed by atoms with Gasteiger partial charge in [-0.15, -0.1) is 0 Å². The van der Waals surface area contributed by atoms with E-state index in [2.05, 4.69) is 120 Å². The number of phenols is 1. The van der Waals surface area contributed by atoms with E-state index >= 15 is 0 Å². The lowest BCUT2D eigenvalue weighted by Crippen LogP contribution is -2.12. The molecule has 0 saturated heterocycles. The molecule has 68 heavy (non-hydrogen) atoms. The summed E-state index contributed by atoms with van der Waals surface area (Å²) < 4.78 is 47.1. The maximum atomic E-state index is 12.3. The first-order valence-electron chi connectivity index (χ1n) is 26.1. The molecule has 0 radical (unpaired) electrons. The fourth-order valence-electron chi connectivity index (χ4n) is 9.18. The van der Waals surface area contributed by atoms with Crippen LogP contribution in [0.15, 0.2) is 158 Å². The Balaban J connectivity index is 1.27. The number of aryl methyl sites for hydroxylation is 2. The van der Waals surface area contributed by atoms with Crippen LogP contribution in [-0.4, -0.2) is 19.6 Å². The topological polar surface area (TPSA) is 50.9 Å². The van der Waals surface area contributed by atoms with Crippen molar-refractivity contribution < 1.29 is 12.0 Å². The molecule has 9 aromatic rings. The molecule has 0 amide bonds. The Labute approximate surface area is 411 Å². The summed E-state index contributed by atoms with van der Waals surface area (Å²) in [5, 5.41) is 12.3. The number of phenolic OH excluding ortho intramolecular Hbond substituents is 1. The minimum absolute atomic E-state index is 0.0845. The highest BCUT2D eigenvalue weighted by Crippen LogP contribution is 2.44. The molecule has 4 nitrogen and oxygen atoms in total. The molecule has 0 saturated carbocycles. The molecule has 2 aromatic heterocycles. The number of rotatable bonds is 9. The van der Waals surface area contributed by atoms with Gasteiger partial charge in [0.1, 0.15) is 11.6 Å². The molecule has 9 rings (SSSR count). The van der Waals surface area contributed by atoms with Crippen LogP contribution in [0, 0.1) is 13.8 Å². The summed E-state index contributed by atoms with van der Waals surface area (Å²) in [4.78, 5) is 10.4. The number of imidazole rings is 1. The van der Waals surface area contributed by atoms with Crippen molar-refractivity contribution in [2.75, 3.05) is 0 Å². The van der Waals surface area contributed by atoms with Crippen molar-refractivity contribution in [3.63, 3.8) is 0 Å². The van der Waals surface area contributed by atoms with Gasteiger partial charge in [0.2, 0.25) is 0 Å². The molecule has 0 bridgehead atoms. The smallest absolute Gasteiger partial charge is 0.149 e. The molecule has 0 spiro atoms. The van der Waals surface area contributed by atoms with Gasteiger partial charge in [-0.3, -0.25) is 9.55 Å². The van der Waals surface area contributed by atoms with Crippen molar-refractivity contribution in [3.8, 4) is 78.6 Å². The number of pyridine rings is 1. The molecule has 4 heteroatoms. The summed E-state index contributed by atoms with van der Waals surface area (Å²) in [6.07, 6.45) is 1.86. The summed E-state index contributed by atoms with van der Waals surface area (Å²) in [5.74, 6) is -1.43. The van der Waals surface area contributed by atoms with E-state index in [9.17, 15) is 5.11 Å². The Bertz CT molecular complexity index is 3510. The highest BCUT2D eigenvalue weighted by Gasteiger charge is 2.27. The van der Waals surface area contributed by atoms with E-state index in [1.165, 1.54) is 5.56 Å². The highest BCUT2D eigenvalue weighted by atomic mass is 16.3. The first kappa shape index (κ1) is 40.1. The summed E-state index contributed by atoms with van der Waals surface area (Å²) in [5.41, 5.74) is 15.3. The number of hydrogen-bond donors (Lipinski definition) is 1. The minimum Gasteiger partial charge on any atom is -0.507 e. The molecule has 1 N–H and O–H groups in total. The Morgan fingerprint density at radius 1 is 0.559 bits per heavy atom. The number of nitrogens with zero attached hydrogens (tertiary/aromatic N) is 3. The molecule has 0 aliphatic rings. The zero-order valence-electron chi connectivity index (χ0n) is 46.3. The van der Waals surface area contributed by atoms with Crippen LogP contribution in [-0.2, 0) is 10.8 Å². The van der Waals surface area contributed by atoms with Crippen LogP contribution in [0.3, 0.4) is 0 Å². The second-order valence-corrected chi connectivity index (χ2v) is 20.9. The zero-order valence-corrected chi connectivity index (χ0v) is 41.3. The monoisotopic (exact) mass is 897 g/mol. The van der Waals surface area contributed by atoms with Gasteiger partial charge in [-0.25, -0.2) is 4.98 Å². The van der Waals surface area contributed by atoms with Crippen molar-refractivity contribution in [1.82, 2.24) is 14.5 Å². The predicted molar refractivity (Wildman–Crippen MR) is 288 cm³/mol. The standard InChI is InChI=1S/C64H65N3O/c1-39(2)48-32-49(40(3)4)34-50(33-48)46-25-26-58(42(6)31-46)67-59-20-16-19-54(60(59)66-62(67)55-29-41(5)30-56(61(55)68)64(10,11)12)51-35-52(37-53(36-51)63(7,8)9)57-38-47(27-28-65-57)45-23-21-44(22-24-45)43-17-14-13-15-18-43/h13-40,68H,1-12H3/i6D3,39D,40D. The second kappa shape index (κ2) is 17.9. The second-order valence-electron chi connectivity index (χ2n) is 20.9. The van der Waals surface area contributed by atoms with Gasteiger partial charge >= 0.3 is 0 Å². The number of benzene rings is 7. The van der Waals surface area contributed by atoms with Crippen molar-refractivity contribution in [3.05, 3.63) is 191 Å². The molecule has 342 valence electrons. The van der Waals surface area contributed by atoms with Crippen LogP contribution >= 0.6 is 0 Å².